The van der Waals surface area contributed by atoms with Crippen molar-refractivity contribution in [3.8, 4) is 0 Å². The first-order valence-electron chi connectivity index (χ1n) is 6.13. The second-order valence-corrected chi connectivity index (χ2v) is 6.83. The van der Waals surface area contributed by atoms with E-state index < -0.39 is 5.97 Å². The predicted molar refractivity (Wildman–Crippen MR) is 85.7 cm³/mol. The summed E-state index contributed by atoms with van der Waals surface area (Å²) in [5, 5.41) is 14.1. The van der Waals surface area contributed by atoms with E-state index in [9.17, 15) is 9.59 Å². The van der Waals surface area contributed by atoms with Crippen LogP contribution in [0.3, 0.4) is 0 Å². The number of rotatable bonds is 5. The van der Waals surface area contributed by atoms with Gasteiger partial charge in [0, 0.05) is 10.6 Å². The fourth-order valence-electron chi connectivity index (χ4n) is 1.67. The van der Waals surface area contributed by atoms with E-state index in [1.54, 1.807) is 35.6 Å². The summed E-state index contributed by atoms with van der Waals surface area (Å²) in [6, 6.07) is 10.3. The summed E-state index contributed by atoms with van der Waals surface area (Å²) < 4.78 is 1.02. The molecule has 5 nitrogen and oxygen atoms in total. The van der Waals surface area contributed by atoms with Gasteiger partial charge in [0.15, 0.2) is 0 Å². The molecule has 0 bridgehead atoms. The van der Waals surface area contributed by atoms with Crippen LogP contribution in [0.2, 0.25) is 0 Å². The highest BCUT2D eigenvalue weighted by Crippen LogP contribution is 2.21. The largest absolute Gasteiger partial charge is 0.481 e. The maximum Gasteiger partial charge on any atom is 0.319 e. The van der Waals surface area contributed by atoms with Crippen molar-refractivity contribution in [2.24, 2.45) is 0 Å². The third kappa shape index (κ3) is 5.20. The summed E-state index contributed by atoms with van der Waals surface area (Å²) in [6.07, 6.45) is -0.0280. The van der Waals surface area contributed by atoms with Gasteiger partial charge >= 0.3 is 12.0 Å². The summed E-state index contributed by atoms with van der Waals surface area (Å²) in [7, 11) is 0. The van der Waals surface area contributed by atoms with Gasteiger partial charge in [0.1, 0.15) is 0 Å². The molecule has 2 rings (SSSR count). The second kappa shape index (κ2) is 7.24. The lowest BCUT2D eigenvalue weighted by atomic mass is 10.1. The molecule has 0 spiro atoms. The summed E-state index contributed by atoms with van der Waals surface area (Å²) in [5.41, 5.74) is 1.31. The fraction of sp³-hybridized carbons (Fsp3) is 0.143. The first kappa shape index (κ1) is 15.5. The van der Waals surface area contributed by atoms with E-state index in [0.29, 0.717) is 17.8 Å². The van der Waals surface area contributed by atoms with Crippen LogP contribution < -0.4 is 10.6 Å². The molecule has 0 aliphatic rings. The Morgan fingerprint density at radius 3 is 2.43 bits per heavy atom. The molecule has 0 atom stereocenters. The molecule has 21 heavy (non-hydrogen) atoms. The Balaban J connectivity index is 1.83. The van der Waals surface area contributed by atoms with E-state index in [0.717, 1.165) is 8.66 Å². The van der Waals surface area contributed by atoms with E-state index >= 15 is 0 Å². The molecule has 1 aromatic carbocycles. The first-order valence-corrected chi connectivity index (χ1v) is 7.73. The Morgan fingerprint density at radius 1 is 1.14 bits per heavy atom. The molecule has 0 aliphatic carbocycles. The normalized spacial score (nSPS) is 10.1. The van der Waals surface area contributed by atoms with E-state index in [1.807, 2.05) is 12.1 Å². The van der Waals surface area contributed by atoms with Crippen LogP contribution in [0, 0.1) is 0 Å². The minimum Gasteiger partial charge on any atom is -0.481 e. The van der Waals surface area contributed by atoms with Crippen LogP contribution in [0.1, 0.15) is 10.4 Å². The minimum atomic E-state index is -0.879. The lowest BCUT2D eigenvalue weighted by Gasteiger charge is -2.07. The van der Waals surface area contributed by atoms with E-state index in [4.69, 9.17) is 5.11 Å². The highest BCUT2D eigenvalue weighted by molar-refractivity contribution is 9.11. The molecule has 2 aromatic rings. The number of carbonyl (C=O) groups is 2. The monoisotopic (exact) mass is 368 g/mol. The van der Waals surface area contributed by atoms with Crippen molar-refractivity contribution >= 4 is 45.0 Å². The fourth-order valence-corrected chi connectivity index (χ4v) is 3.09. The summed E-state index contributed by atoms with van der Waals surface area (Å²) in [5.74, 6) is -0.879. The van der Waals surface area contributed by atoms with Crippen LogP contribution in [0.15, 0.2) is 40.2 Å². The zero-order chi connectivity index (χ0) is 15.2. The summed E-state index contributed by atoms with van der Waals surface area (Å²) >= 11 is 4.93. The number of anilines is 1. The number of carboxylic acid groups (broad SMARTS) is 1. The molecule has 0 unspecified atom stereocenters. The molecule has 1 aromatic heterocycles. The number of carbonyl (C=O) groups excluding carboxylic acids is 1. The zero-order valence-electron chi connectivity index (χ0n) is 10.9. The number of hydrogen-bond acceptors (Lipinski definition) is 3. The molecule has 110 valence electrons. The van der Waals surface area contributed by atoms with Gasteiger partial charge < -0.3 is 15.7 Å². The van der Waals surface area contributed by atoms with Crippen LogP contribution in [0.4, 0.5) is 10.5 Å². The lowest BCUT2D eigenvalue weighted by Crippen LogP contribution is -2.27. The molecule has 1 heterocycles. The van der Waals surface area contributed by atoms with Gasteiger partial charge in [-0.15, -0.1) is 11.3 Å². The Morgan fingerprint density at radius 2 is 1.86 bits per heavy atom. The smallest absolute Gasteiger partial charge is 0.319 e. The Bertz CT molecular complexity index is 640. The van der Waals surface area contributed by atoms with Gasteiger partial charge in [-0.2, -0.15) is 0 Å². The van der Waals surface area contributed by atoms with Gasteiger partial charge in [-0.3, -0.25) is 4.79 Å². The average molecular weight is 369 g/mol. The van der Waals surface area contributed by atoms with Gasteiger partial charge in [-0.05, 0) is 45.8 Å². The minimum absolute atomic E-state index is 0.0280. The van der Waals surface area contributed by atoms with Crippen LogP contribution in [0.25, 0.3) is 0 Å². The first-order chi connectivity index (χ1) is 10.0. The van der Waals surface area contributed by atoms with Crippen molar-refractivity contribution < 1.29 is 14.7 Å². The topological polar surface area (TPSA) is 78.4 Å². The molecule has 0 saturated carbocycles. The van der Waals surface area contributed by atoms with Crippen LogP contribution >= 0.6 is 27.3 Å². The van der Waals surface area contributed by atoms with Crippen molar-refractivity contribution in [3.05, 3.63) is 50.6 Å². The summed E-state index contributed by atoms with van der Waals surface area (Å²) in [4.78, 5) is 23.4. The Hall–Kier alpha value is -1.86. The summed E-state index contributed by atoms with van der Waals surface area (Å²) in [6.45, 7) is 0.458. The van der Waals surface area contributed by atoms with Crippen molar-refractivity contribution in [2.45, 2.75) is 13.0 Å². The Labute approximate surface area is 134 Å². The molecule has 2 amide bonds. The molecular weight excluding hydrogens is 356 g/mol. The quantitative estimate of drug-likeness (QED) is 0.755. The van der Waals surface area contributed by atoms with E-state index in [2.05, 4.69) is 26.6 Å². The van der Waals surface area contributed by atoms with Crippen LogP contribution in [-0.4, -0.2) is 17.1 Å². The van der Waals surface area contributed by atoms with Gasteiger partial charge in [-0.1, -0.05) is 12.1 Å². The van der Waals surface area contributed by atoms with Crippen LogP contribution in [0.5, 0.6) is 0 Å². The van der Waals surface area contributed by atoms with Crippen molar-refractivity contribution in [2.75, 3.05) is 5.32 Å². The average Bonchev–Trinajstić information content (AvgIpc) is 2.84. The maximum atomic E-state index is 11.7. The number of halogens is 1. The number of thiophene rings is 1. The maximum absolute atomic E-state index is 11.7. The molecule has 0 aliphatic heterocycles. The lowest BCUT2D eigenvalue weighted by molar-refractivity contribution is -0.136. The SMILES string of the molecule is O=C(O)Cc1ccc(NC(=O)NCc2ccc(Br)s2)cc1. The van der Waals surface area contributed by atoms with Gasteiger partial charge in [-0.25, -0.2) is 4.79 Å². The number of aliphatic carboxylic acids is 1. The number of urea groups is 1. The predicted octanol–water partition coefficient (Wildman–Crippen LogP) is 3.46. The standard InChI is InChI=1S/C14H13BrN2O3S/c15-12-6-5-11(21-12)8-16-14(20)17-10-3-1-9(2-4-10)7-13(18)19/h1-6H,7-8H2,(H,18,19)(H2,16,17,20). The van der Waals surface area contributed by atoms with Crippen molar-refractivity contribution in [1.82, 2.24) is 5.32 Å². The molecule has 0 radical (unpaired) electrons. The molecule has 3 N–H and O–H groups in total. The number of benzene rings is 1. The van der Waals surface area contributed by atoms with Gasteiger partial charge in [0.2, 0.25) is 0 Å². The molecule has 7 heteroatoms. The molecule has 0 fully saturated rings. The number of nitrogens with one attached hydrogen (secondary N) is 2. The number of carboxylic acids is 1. The van der Waals surface area contributed by atoms with Gasteiger partial charge in [0.25, 0.3) is 0 Å². The van der Waals surface area contributed by atoms with Crippen LogP contribution in [-0.2, 0) is 17.8 Å². The van der Waals surface area contributed by atoms with E-state index in [1.165, 1.54) is 0 Å². The third-order valence-corrected chi connectivity index (χ3v) is 4.24. The molecule has 0 saturated heterocycles. The number of amides is 2. The third-order valence-electron chi connectivity index (χ3n) is 2.62. The van der Waals surface area contributed by atoms with Crippen molar-refractivity contribution in [1.29, 1.82) is 0 Å². The zero-order valence-corrected chi connectivity index (χ0v) is 13.3. The number of hydrogen-bond donors (Lipinski definition) is 3. The second-order valence-electron chi connectivity index (χ2n) is 4.28. The van der Waals surface area contributed by atoms with Gasteiger partial charge in [0.05, 0.1) is 16.8 Å². The highest BCUT2D eigenvalue weighted by Gasteiger charge is 2.04. The highest BCUT2D eigenvalue weighted by atomic mass is 79.9. The Kier molecular flexibility index (Phi) is 5.35. The van der Waals surface area contributed by atoms with E-state index in [-0.39, 0.29) is 12.5 Å². The van der Waals surface area contributed by atoms with Crippen molar-refractivity contribution in [3.63, 3.8) is 0 Å². The molecular formula is C14H13BrN2O3S.